The van der Waals surface area contributed by atoms with Gasteiger partial charge < -0.3 is 4.90 Å². The Hall–Kier alpha value is -2.41. The van der Waals surface area contributed by atoms with E-state index in [1.165, 1.54) is 0 Å². The first-order valence-corrected chi connectivity index (χ1v) is 7.52. The molecule has 0 saturated carbocycles. The van der Waals surface area contributed by atoms with Crippen molar-refractivity contribution in [2.45, 2.75) is 32.2 Å². The van der Waals surface area contributed by atoms with Gasteiger partial charge in [-0.05, 0) is 37.1 Å². The number of benzene rings is 2. The average molecular weight is 314 g/mol. The second-order valence-electron chi connectivity index (χ2n) is 6.00. The molecule has 0 aliphatic carbocycles. The van der Waals surface area contributed by atoms with Crippen LogP contribution >= 0.6 is 0 Å². The predicted molar refractivity (Wildman–Crippen MR) is 88.6 cm³/mol. The van der Waals surface area contributed by atoms with Crippen molar-refractivity contribution in [1.82, 2.24) is 0 Å². The lowest BCUT2D eigenvalue weighted by molar-refractivity contribution is 0.154. The standard InChI is InChI=1S/C19H20F2N2/c1-19(2,14-22)17-11-7-6-8-15(17)12-23(13-18(20)21)16-9-4-3-5-10-16/h3-11,18H,12-13H2,1-2H3. The molecule has 0 fully saturated rings. The average Bonchev–Trinajstić information content (AvgIpc) is 2.55. The maximum atomic E-state index is 13.0. The Labute approximate surface area is 136 Å². The number of nitriles is 1. The monoisotopic (exact) mass is 314 g/mol. The maximum Gasteiger partial charge on any atom is 0.255 e. The number of hydrogen-bond acceptors (Lipinski definition) is 2. The van der Waals surface area contributed by atoms with Crippen molar-refractivity contribution in [2.75, 3.05) is 11.4 Å². The number of nitrogens with zero attached hydrogens (tertiary/aromatic N) is 2. The number of anilines is 1. The summed E-state index contributed by atoms with van der Waals surface area (Å²) in [6.07, 6.45) is -2.42. The molecule has 0 aromatic heterocycles. The van der Waals surface area contributed by atoms with E-state index < -0.39 is 11.8 Å². The van der Waals surface area contributed by atoms with E-state index in [0.29, 0.717) is 6.54 Å². The third-order valence-electron chi connectivity index (χ3n) is 3.81. The molecule has 2 aromatic rings. The van der Waals surface area contributed by atoms with Crippen LogP contribution in [0.15, 0.2) is 54.6 Å². The van der Waals surface area contributed by atoms with Crippen LogP contribution in [0.4, 0.5) is 14.5 Å². The van der Waals surface area contributed by atoms with Crippen molar-refractivity contribution < 1.29 is 8.78 Å². The molecule has 4 heteroatoms. The number of halogens is 2. The summed E-state index contributed by atoms with van der Waals surface area (Å²) in [5.74, 6) is 0. The van der Waals surface area contributed by atoms with Crippen LogP contribution in [0.2, 0.25) is 0 Å². The quantitative estimate of drug-likeness (QED) is 0.768. The third kappa shape index (κ3) is 4.29. The fourth-order valence-corrected chi connectivity index (χ4v) is 2.60. The van der Waals surface area contributed by atoms with Gasteiger partial charge in [0, 0.05) is 12.2 Å². The smallest absolute Gasteiger partial charge is 0.255 e. The highest BCUT2D eigenvalue weighted by Gasteiger charge is 2.24. The molecule has 2 nitrogen and oxygen atoms in total. The van der Waals surface area contributed by atoms with Crippen molar-refractivity contribution in [3.63, 3.8) is 0 Å². The molecule has 0 spiro atoms. The SMILES string of the molecule is CC(C)(C#N)c1ccccc1CN(CC(F)F)c1ccccc1. The zero-order chi connectivity index (χ0) is 16.9. The molecule has 0 N–H and O–H groups in total. The molecule has 0 aliphatic heterocycles. The normalized spacial score (nSPS) is 11.3. The van der Waals surface area contributed by atoms with Crippen molar-refractivity contribution >= 4 is 5.69 Å². The van der Waals surface area contributed by atoms with Gasteiger partial charge in [0.2, 0.25) is 0 Å². The van der Waals surface area contributed by atoms with Crippen LogP contribution in [0.3, 0.4) is 0 Å². The highest BCUT2D eigenvalue weighted by atomic mass is 19.3. The topological polar surface area (TPSA) is 27.0 Å². The van der Waals surface area contributed by atoms with E-state index in [0.717, 1.165) is 16.8 Å². The molecule has 0 bridgehead atoms. The minimum absolute atomic E-state index is 0.342. The zero-order valence-electron chi connectivity index (χ0n) is 13.3. The van der Waals surface area contributed by atoms with Gasteiger partial charge in [-0.2, -0.15) is 5.26 Å². The zero-order valence-corrected chi connectivity index (χ0v) is 13.3. The minimum atomic E-state index is -2.42. The summed E-state index contributed by atoms with van der Waals surface area (Å²) in [5.41, 5.74) is 1.85. The van der Waals surface area contributed by atoms with E-state index in [4.69, 9.17) is 0 Å². The molecule has 0 unspecified atom stereocenters. The molecule has 0 radical (unpaired) electrons. The lowest BCUT2D eigenvalue weighted by Crippen LogP contribution is -2.30. The largest absolute Gasteiger partial charge is 0.361 e. The summed E-state index contributed by atoms with van der Waals surface area (Å²) in [5, 5.41) is 9.38. The molecule has 0 saturated heterocycles. The highest BCUT2D eigenvalue weighted by molar-refractivity contribution is 5.48. The van der Waals surface area contributed by atoms with Gasteiger partial charge >= 0.3 is 0 Å². The summed E-state index contributed by atoms with van der Waals surface area (Å²) >= 11 is 0. The van der Waals surface area contributed by atoms with Gasteiger partial charge in [0.25, 0.3) is 6.43 Å². The van der Waals surface area contributed by atoms with E-state index >= 15 is 0 Å². The summed E-state index contributed by atoms with van der Waals surface area (Å²) in [6.45, 7) is 3.68. The van der Waals surface area contributed by atoms with E-state index in [2.05, 4.69) is 6.07 Å². The Morgan fingerprint density at radius 2 is 1.65 bits per heavy atom. The molecule has 2 rings (SSSR count). The van der Waals surface area contributed by atoms with Gasteiger partial charge in [0.1, 0.15) is 0 Å². The predicted octanol–water partition coefficient (Wildman–Crippen LogP) is 4.76. The van der Waals surface area contributed by atoms with Crippen LogP contribution in [0, 0.1) is 11.3 Å². The summed E-state index contributed by atoms with van der Waals surface area (Å²) in [7, 11) is 0. The van der Waals surface area contributed by atoms with Crippen LogP contribution in [-0.4, -0.2) is 13.0 Å². The van der Waals surface area contributed by atoms with Crippen LogP contribution in [0.25, 0.3) is 0 Å². The molecular weight excluding hydrogens is 294 g/mol. The van der Waals surface area contributed by atoms with Gasteiger partial charge in [-0.1, -0.05) is 42.5 Å². The summed E-state index contributed by atoms with van der Waals surface area (Å²) < 4.78 is 26.0. The van der Waals surface area contributed by atoms with Crippen LogP contribution in [0.5, 0.6) is 0 Å². The Kier molecular flexibility index (Phi) is 5.33. The lowest BCUT2D eigenvalue weighted by atomic mass is 9.83. The van der Waals surface area contributed by atoms with Gasteiger partial charge in [-0.15, -0.1) is 0 Å². The molecular formula is C19H20F2N2. The maximum absolute atomic E-state index is 13.0. The fourth-order valence-electron chi connectivity index (χ4n) is 2.60. The van der Waals surface area contributed by atoms with Gasteiger partial charge in [-0.25, -0.2) is 8.78 Å². The molecule has 23 heavy (non-hydrogen) atoms. The Balaban J connectivity index is 2.36. The highest BCUT2D eigenvalue weighted by Crippen LogP contribution is 2.28. The van der Waals surface area contributed by atoms with Crippen molar-refractivity contribution in [3.8, 4) is 6.07 Å². The second-order valence-corrected chi connectivity index (χ2v) is 6.00. The Bertz CT molecular complexity index is 675. The van der Waals surface area contributed by atoms with E-state index in [9.17, 15) is 14.0 Å². The van der Waals surface area contributed by atoms with E-state index in [-0.39, 0.29) is 6.54 Å². The van der Waals surface area contributed by atoms with Crippen LogP contribution < -0.4 is 4.90 Å². The van der Waals surface area contributed by atoms with E-state index in [1.807, 2.05) is 68.4 Å². The molecule has 0 heterocycles. The Morgan fingerprint density at radius 1 is 1.04 bits per heavy atom. The van der Waals surface area contributed by atoms with Crippen molar-refractivity contribution in [2.24, 2.45) is 0 Å². The molecule has 0 atom stereocenters. The first-order valence-electron chi connectivity index (χ1n) is 7.52. The lowest BCUT2D eigenvalue weighted by Gasteiger charge is -2.28. The van der Waals surface area contributed by atoms with Crippen molar-refractivity contribution in [3.05, 3.63) is 65.7 Å². The summed E-state index contributed by atoms with van der Waals surface area (Å²) in [4.78, 5) is 1.65. The van der Waals surface area contributed by atoms with E-state index in [1.54, 1.807) is 4.90 Å². The first-order chi connectivity index (χ1) is 10.9. The number of alkyl halides is 2. The first kappa shape index (κ1) is 17.0. The van der Waals surface area contributed by atoms with Crippen LogP contribution in [-0.2, 0) is 12.0 Å². The Morgan fingerprint density at radius 3 is 2.26 bits per heavy atom. The van der Waals surface area contributed by atoms with Gasteiger partial charge in [0.15, 0.2) is 0 Å². The summed E-state index contributed by atoms with van der Waals surface area (Å²) in [6, 6.07) is 19.0. The van der Waals surface area contributed by atoms with Crippen molar-refractivity contribution in [1.29, 1.82) is 5.26 Å². The second kappa shape index (κ2) is 7.23. The molecule has 0 amide bonds. The molecule has 120 valence electrons. The molecule has 0 aliphatic rings. The minimum Gasteiger partial charge on any atom is -0.361 e. The van der Waals surface area contributed by atoms with Gasteiger partial charge in [-0.3, -0.25) is 0 Å². The number of rotatable bonds is 6. The molecule has 2 aromatic carbocycles. The van der Waals surface area contributed by atoms with Crippen LogP contribution in [0.1, 0.15) is 25.0 Å². The third-order valence-corrected chi connectivity index (χ3v) is 3.81. The van der Waals surface area contributed by atoms with Gasteiger partial charge in [0.05, 0.1) is 18.0 Å². The fraction of sp³-hybridized carbons (Fsp3) is 0.316. The number of hydrogen-bond donors (Lipinski definition) is 0. The number of para-hydroxylation sites is 1.